The summed E-state index contributed by atoms with van der Waals surface area (Å²) in [5.74, 6) is 5.49. The number of sulfonamides is 1. The average Bonchev–Trinajstić information content (AvgIpc) is 3.20. The number of pyridine rings is 1. The molecule has 1 aromatic rings. The molecule has 9 heteroatoms. The summed E-state index contributed by atoms with van der Waals surface area (Å²) in [6, 6.07) is 2.10. The lowest BCUT2D eigenvalue weighted by Crippen LogP contribution is -2.38. The lowest BCUT2D eigenvalue weighted by molar-refractivity contribution is 0.322. The van der Waals surface area contributed by atoms with Crippen LogP contribution >= 0.6 is 15.9 Å². The molecule has 0 radical (unpaired) electrons. The van der Waals surface area contributed by atoms with Crippen LogP contribution in [0.25, 0.3) is 0 Å². The third-order valence-corrected chi connectivity index (χ3v) is 5.82. The van der Waals surface area contributed by atoms with Crippen molar-refractivity contribution in [2.75, 3.05) is 18.5 Å². The highest BCUT2D eigenvalue weighted by Gasteiger charge is 2.36. The monoisotopic (exact) mass is 375 g/mol. The minimum Gasteiger partial charge on any atom is -0.307 e. The summed E-state index contributed by atoms with van der Waals surface area (Å²) in [5.41, 5.74) is 2.33. The van der Waals surface area contributed by atoms with E-state index in [-0.39, 0.29) is 16.8 Å². The molecule has 2 aliphatic rings. The Bertz CT molecular complexity index is 635. The van der Waals surface area contributed by atoms with Crippen LogP contribution in [0.15, 0.2) is 21.6 Å². The number of hydrogen-bond acceptors (Lipinski definition) is 6. The Hall–Kier alpha value is -0.740. The van der Waals surface area contributed by atoms with E-state index in [9.17, 15) is 8.42 Å². The molecule has 0 aromatic carbocycles. The number of aromatic nitrogens is 1. The first-order chi connectivity index (χ1) is 9.99. The van der Waals surface area contributed by atoms with Crippen LogP contribution in [0, 0.1) is 0 Å². The summed E-state index contributed by atoms with van der Waals surface area (Å²) < 4.78 is 28.4. The summed E-state index contributed by atoms with van der Waals surface area (Å²) in [5, 5.41) is 0. The summed E-state index contributed by atoms with van der Waals surface area (Å²) in [6.07, 6.45) is 4.80. The maximum atomic E-state index is 12.5. The highest BCUT2D eigenvalue weighted by atomic mass is 79.9. The van der Waals surface area contributed by atoms with Crippen LogP contribution in [0.3, 0.4) is 0 Å². The predicted octanol–water partition coefficient (Wildman–Crippen LogP) is 0.645. The van der Waals surface area contributed by atoms with Gasteiger partial charge in [0.25, 0.3) is 0 Å². The molecule has 1 saturated carbocycles. The Morgan fingerprint density at radius 3 is 2.81 bits per heavy atom. The quantitative estimate of drug-likeness (QED) is 0.515. The van der Waals surface area contributed by atoms with Gasteiger partial charge in [0.1, 0.15) is 4.90 Å². The lowest BCUT2D eigenvalue weighted by Gasteiger charge is -2.17. The lowest BCUT2D eigenvalue weighted by atomic mass is 10.3. The molecule has 4 N–H and O–H groups in total. The van der Waals surface area contributed by atoms with Crippen molar-refractivity contribution in [1.29, 1.82) is 0 Å². The number of halogens is 1. The van der Waals surface area contributed by atoms with Gasteiger partial charge in [-0.3, -0.25) is 4.90 Å². The van der Waals surface area contributed by atoms with Crippen molar-refractivity contribution in [2.45, 2.75) is 36.2 Å². The van der Waals surface area contributed by atoms with Gasteiger partial charge in [0.05, 0.1) is 0 Å². The van der Waals surface area contributed by atoms with Crippen LogP contribution in [0.2, 0.25) is 0 Å². The molecule has 1 saturated heterocycles. The number of hydrogen-bond donors (Lipinski definition) is 3. The average molecular weight is 376 g/mol. The number of nitrogens with zero attached hydrogens (tertiary/aromatic N) is 2. The predicted molar refractivity (Wildman–Crippen MR) is 83.1 cm³/mol. The van der Waals surface area contributed by atoms with Crippen LogP contribution in [0.5, 0.6) is 0 Å². The van der Waals surface area contributed by atoms with Crippen LogP contribution in [0.4, 0.5) is 5.82 Å². The molecule has 1 aromatic heterocycles. The molecule has 1 unspecified atom stereocenters. The van der Waals surface area contributed by atoms with Crippen molar-refractivity contribution < 1.29 is 8.42 Å². The Morgan fingerprint density at radius 1 is 1.38 bits per heavy atom. The van der Waals surface area contributed by atoms with E-state index in [0.717, 1.165) is 19.5 Å². The first kappa shape index (κ1) is 15.2. The fourth-order valence-corrected chi connectivity index (χ4v) is 4.56. The fourth-order valence-electron chi connectivity index (χ4n) is 2.67. The second-order valence-electron chi connectivity index (χ2n) is 5.48. The maximum absolute atomic E-state index is 12.5. The topological polar surface area (TPSA) is 100 Å². The summed E-state index contributed by atoms with van der Waals surface area (Å²) in [6.45, 7) is 1.73. The molecule has 1 aliphatic heterocycles. The summed E-state index contributed by atoms with van der Waals surface area (Å²) >= 11 is 3.24. The molecular formula is C12H18BrN5O2S. The minimum absolute atomic E-state index is 0.0554. The molecule has 7 nitrogen and oxygen atoms in total. The molecule has 21 heavy (non-hydrogen) atoms. The Balaban J connectivity index is 1.76. The molecule has 2 heterocycles. The second-order valence-corrected chi connectivity index (χ2v) is 8.08. The first-order valence-corrected chi connectivity index (χ1v) is 9.16. The van der Waals surface area contributed by atoms with Gasteiger partial charge in [0.2, 0.25) is 10.0 Å². The highest BCUT2D eigenvalue weighted by Crippen LogP contribution is 2.30. The van der Waals surface area contributed by atoms with Gasteiger partial charge in [-0.25, -0.2) is 24.0 Å². The van der Waals surface area contributed by atoms with Gasteiger partial charge >= 0.3 is 0 Å². The van der Waals surface area contributed by atoms with E-state index < -0.39 is 10.0 Å². The second kappa shape index (κ2) is 5.81. The van der Waals surface area contributed by atoms with E-state index in [1.54, 1.807) is 0 Å². The van der Waals surface area contributed by atoms with Gasteiger partial charge < -0.3 is 5.43 Å². The Kier molecular flexibility index (Phi) is 4.19. The van der Waals surface area contributed by atoms with Crippen molar-refractivity contribution in [2.24, 2.45) is 5.84 Å². The number of nitrogens with one attached hydrogen (secondary N) is 2. The molecule has 2 fully saturated rings. The van der Waals surface area contributed by atoms with E-state index >= 15 is 0 Å². The van der Waals surface area contributed by atoms with Crippen molar-refractivity contribution in [1.82, 2.24) is 14.6 Å². The largest absolute Gasteiger partial charge is 0.307 e. The van der Waals surface area contributed by atoms with Gasteiger partial charge in [-0.15, -0.1) is 0 Å². The molecular weight excluding hydrogens is 358 g/mol. The third-order valence-electron chi connectivity index (χ3n) is 3.85. The standard InChI is InChI=1S/C12H18BrN5O2S/c13-8-5-11(12(16-14)15-6-8)21(19,20)17-9-3-4-18(7-9)10-1-2-10/h5-6,9-10,17H,1-4,7,14H2,(H,15,16). The van der Waals surface area contributed by atoms with Crippen molar-refractivity contribution >= 4 is 31.8 Å². The van der Waals surface area contributed by atoms with E-state index in [1.807, 2.05) is 0 Å². The number of hydrazine groups is 1. The van der Waals surface area contributed by atoms with Crippen molar-refractivity contribution in [3.8, 4) is 0 Å². The molecule has 0 bridgehead atoms. The number of rotatable bonds is 5. The molecule has 3 rings (SSSR count). The van der Waals surface area contributed by atoms with Gasteiger partial charge in [-0.05, 0) is 41.3 Å². The first-order valence-electron chi connectivity index (χ1n) is 6.88. The van der Waals surface area contributed by atoms with Crippen LogP contribution in [0.1, 0.15) is 19.3 Å². The minimum atomic E-state index is -3.65. The normalized spacial score (nSPS) is 23.4. The van der Waals surface area contributed by atoms with E-state index in [2.05, 4.69) is 36.0 Å². The number of likely N-dealkylation sites (tertiary alicyclic amines) is 1. The zero-order valence-electron chi connectivity index (χ0n) is 11.4. The van der Waals surface area contributed by atoms with Crippen LogP contribution in [-0.2, 0) is 10.0 Å². The number of nitrogens with two attached hydrogens (primary N) is 1. The highest BCUT2D eigenvalue weighted by molar-refractivity contribution is 9.10. The van der Waals surface area contributed by atoms with Gasteiger partial charge in [-0.2, -0.15) is 0 Å². The number of anilines is 1. The SMILES string of the molecule is NNc1ncc(Br)cc1S(=O)(=O)NC1CCN(C2CC2)C1. The van der Waals surface area contributed by atoms with Gasteiger partial charge in [0, 0.05) is 35.8 Å². The number of nitrogen functional groups attached to an aromatic ring is 1. The Morgan fingerprint density at radius 2 is 2.14 bits per heavy atom. The van der Waals surface area contributed by atoms with E-state index in [1.165, 1.54) is 25.1 Å². The summed E-state index contributed by atoms with van der Waals surface area (Å²) in [4.78, 5) is 6.39. The molecule has 0 spiro atoms. The van der Waals surface area contributed by atoms with Crippen molar-refractivity contribution in [3.05, 3.63) is 16.7 Å². The van der Waals surface area contributed by atoms with Crippen LogP contribution in [-0.4, -0.2) is 43.5 Å². The zero-order valence-corrected chi connectivity index (χ0v) is 13.8. The molecule has 116 valence electrons. The molecule has 1 aliphatic carbocycles. The maximum Gasteiger partial charge on any atom is 0.244 e. The van der Waals surface area contributed by atoms with E-state index in [0.29, 0.717) is 10.5 Å². The fraction of sp³-hybridized carbons (Fsp3) is 0.583. The third kappa shape index (κ3) is 3.37. The van der Waals surface area contributed by atoms with E-state index in [4.69, 9.17) is 5.84 Å². The Labute approximate surface area is 132 Å². The van der Waals surface area contributed by atoms with Crippen molar-refractivity contribution in [3.63, 3.8) is 0 Å². The smallest absolute Gasteiger partial charge is 0.244 e. The molecule has 1 atom stereocenters. The van der Waals surface area contributed by atoms with Gasteiger partial charge in [-0.1, -0.05) is 0 Å². The zero-order chi connectivity index (χ0) is 15.0. The summed E-state index contributed by atoms with van der Waals surface area (Å²) in [7, 11) is -3.65. The van der Waals surface area contributed by atoms with Crippen LogP contribution < -0.4 is 16.0 Å². The van der Waals surface area contributed by atoms with Gasteiger partial charge in [0.15, 0.2) is 5.82 Å². The molecule has 0 amide bonds.